The fraction of sp³-hybridized carbons (Fsp3) is 0.346. The Morgan fingerprint density at radius 3 is 2.31 bits per heavy atom. The van der Waals surface area contributed by atoms with Crippen LogP contribution in [0.4, 0.5) is 4.39 Å². The van der Waals surface area contributed by atoms with Gasteiger partial charge in [0, 0.05) is 22.9 Å². The summed E-state index contributed by atoms with van der Waals surface area (Å²) in [6.45, 7) is 5.71. The maximum Gasteiger partial charge on any atom is 0.223 e. The van der Waals surface area contributed by atoms with E-state index in [1.54, 1.807) is 24.3 Å². The summed E-state index contributed by atoms with van der Waals surface area (Å²) in [6, 6.07) is 12.9. The van der Waals surface area contributed by atoms with Crippen molar-refractivity contribution in [2.24, 2.45) is 10.3 Å². The first-order valence-corrected chi connectivity index (χ1v) is 13.2. The number of aromatic nitrogens is 2. The lowest BCUT2D eigenvalue weighted by atomic mass is 9.87. The first-order chi connectivity index (χ1) is 16.6. The van der Waals surface area contributed by atoms with Crippen molar-refractivity contribution < 1.29 is 18.3 Å². The molecule has 0 bridgehead atoms. The largest absolute Gasteiger partial charge is 0.349 e. The summed E-state index contributed by atoms with van der Waals surface area (Å²) in [7, 11) is -3.33. The predicted octanol–water partition coefficient (Wildman–Crippen LogP) is 6.37. The number of hydrogen-bond acceptors (Lipinski definition) is 5. The lowest BCUT2D eigenvalue weighted by Crippen LogP contribution is -2.35. The number of H-pyrrole nitrogens is 1. The minimum absolute atomic E-state index is 0.0491. The zero-order chi connectivity index (χ0) is 25.2. The molecule has 1 aliphatic rings. The van der Waals surface area contributed by atoms with E-state index in [4.69, 9.17) is 0 Å². The van der Waals surface area contributed by atoms with Gasteiger partial charge in [0.15, 0.2) is 0 Å². The second kappa shape index (κ2) is 10.3. The zero-order valence-electron chi connectivity index (χ0n) is 20.1. The number of aryl methyl sites for hydroxylation is 2. The molecule has 1 fully saturated rings. The van der Waals surface area contributed by atoms with Crippen molar-refractivity contribution >= 4 is 22.4 Å². The van der Waals surface area contributed by atoms with Gasteiger partial charge in [-0.15, -0.1) is 0 Å². The molecule has 1 aromatic heterocycles. The van der Waals surface area contributed by atoms with Gasteiger partial charge in [0.2, 0.25) is 5.91 Å². The molecule has 1 amide bonds. The van der Waals surface area contributed by atoms with Crippen LogP contribution >= 0.6 is 10.8 Å². The Hall–Kier alpha value is -3.01. The first kappa shape index (κ1) is 25.1. The van der Waals surface area contributed by atoms with E-state index in [-0.39, 0.29) is 23.7 Å². The van der Waals surface area contributed by atoms with Crippen molar-refractivity contribution in [3.05, 3.63) is 71.4 Å². The summed E-state index contributed by atoms with van der Waals surface area (Å²) in [5.41, 5.74) is 4.23. The highest BCUT2D eigenvalue weighted by molar-refractivity contribution is 8.23. The fourth-order valence-electron chi connectivity index (χ4n) is 4.39. The van der Waals surface area contributed by atoms with Gasteiger partial charge in [-0.3, -0.25) is 13.9 Å². The summed E-state index contributed by atoms with van der Waals surface area (Å²) in [5, 5.41) is 3.00. The van der Waals surface area contributed by atoms with Crippen molar-refractivity contribution in [2.45, 2.75) is 57.4 Å². The fourth-order valence-corrected chi connectivity index (χ4v) is 5.54. The summed E-state index contributed by atoms with van der Waals surface area (Å²) < 4.78 is 38.9. The van der Waals surface area contributed by atoms with Gasteiger partial charge in [-0.25, -0.2) is 9.37 Å². The number of hydrogen-bond donors (Lipinski definition) is 4. The van der Waals surface area contributed by atoms with Crippen molar-refractivity contribution in [3.8, 4) is 11.3 Å². The van der Waals surface area contributed by atoms with E-state index in [2.05, 4.69) is 19.7 Å². The van der Waals surface area contributed by atoms with Gasteiger partial charge in [-0.2, -0.15) is 4.40 Å². The van der Waals surface area contributed by atoms with Crippen LogP contribution in [0.1, 0.15) is 55.7 Å². The molecule has 1 atom stereocenters. The molecule has 1 heterocycles. The summed E-state index contributed by atoms with van der Waals surface area (Å²) in [6.07, 6.45) is 2.24. The first-order valence-electron chi connectivity index (χ1n) is 11.7. The van der Waals surface area contributed by atoms with Gasteiger partial charge >= 0.3 is 0 Å². The van der Waals surface area contributed by atoms with Crippen LogP contribution in [0.15, 0.2) is 57.8 Å². The molecule has 9 heteroatoms. The van der Waals surface area contributed by atoms with Crippen LogP contribution in [0.3, 0.4) is 0 Å². The SMILES string of the molecule is Cc1nc(-c2ccc(S(O)(O)N=C3CCC(C(=O)NC(C)c4ccc(F)cc4)CC3)cc2)c(C)[nH]1. The van der Waals surface area contributed by atoms with E-state index in [1.807, 2.05) is 32.9 Å². The molecule has 4 N–H and O–H groups in total. The van der Waals surface area contributed by atoms with Crippen LogP contribution < -0.4 is 5.32 Å². The normalized spacial score (nSPS) is 17.7. The van der Waals surface area contributed by atoms with Gasteiger partial charge in [0.25, 0.3) is 0 Å². The van der Waals surface area contributed by atoms with Crippen LogP contribution in [0.2, 0.25) is 0 Å². The van der Waals surface area contributed by atoms with Crippen LogP contribution in [0.5, 0.6) is 0 Å². The minimum Gasteiger partial charge on any atom is -0.349 e. The topological polar surface area (TPSA) is 111 Å². The van der Waals surface area contributed by atoms with Crippen molar-refractivity contribution in [1.29, 1.82) is 0 Å². The molecule has 186 valence electrons. The number of halogens is 1. The van der Waals surface area contributed by atoms with E-state index >= 15 is 0 Å². The molecule has 4 rings (SSSR count). The highest BCUT2D eigenvalue weighted by Crippen LogP contribution is 2.50. The van der Waals surface area contributed by atoms with E-state index in [9.17, 15) is 18.3 Å². The Kier molecular flexibility index (Phi) is 7.39. The van der Waals surface area contributed by atoms with Crippen LogP contribution in [-0.4, -0.2) is 30.7 Å². The Morgan fingerprint density at radius 2 is 1.74 bits per heavy atom. The molecule has 2 aromatic carbocycles. The number of carbonyl (C=O) groups excluding carboxylic acids is 1. The third-order valence-electron chi connectivity index (χ3n) is 6.37. The maximum atomic E-state index is 13.1. The minimum atomic E-state index is -3.33. The van der Waals surface area contributed by atoms with Crippen LogP contribution in [-0.2, 0) is 4.79 Å². The second-order valence-corrected chi connectivity index (χ2v) is 10.7. The number of carbonyl (C=O) groups is 1. The lowest BCUT2D eigenvalue weighted by molar-refractivity contribution is -0.126. The lowest BCUT2D eigenvalue weighted by Gasteiger charge is -2.30. The molecule has 0 saturated heterocycles. The number of aromatic amines is 1. The van der Waals surface area contributed by atoms with Gasteiger partial charge in [0.1, 0.15) is 11.6 Å². The molecule has 1 aliphatic carbocycles. The van der Waals surface area contributed by atoms with Gasteiger partial charge < -0.3 is 10.3 Å². The zero-order valence-corrected chi connectivity index (χ0v) is 20.9. The number of benzene rings is 2. The molecule has 0 aliphatic heterocycles. The number of nitrogens with one attached hydrogen (secondary N) is 2. The Balaban J connectivity index is 1.35. The molecule has 0 spiro atoms. The third-order valence-corrected chi connectivity index (χ3v) is 7.78. The summed E-state index contributed by atoms with van der Waals surface area (Å²) in [5.74, 6) is 0.299. The van der Waals surface area contributed by atoms with Gasteiger partial charge in [-0.1, -0.05) is 35.0 Å². The Labute approximate surface area is 206 Å². The van der Waals surface area contributed by atoms with Crippen LogP contribution in [0.25, 0.3) is 11.3 Å². The van der Waals surface area contributed by atoms with E-state index in [1.165, 1.54) is 12.1 Å². The Bertz CT molecular complexity index is 1210. The number of nitrogens with zero attached hydrogens (tertiary/aromatic N) is 2. The molecule has 35 heavy (non-hydrogen) atoms. The van der Waals surface area contributed by atoms with Crippen molar-refractivity contribution in [3.63, 3.8) is 0 Å². The summed E-state index contributed by atoms with van der Waals surface area (Å²) in [4.78, 5) is 20.7. The standard InChI is InChI=1S/C26H31FN4O3S/c1-16(19-4-10-22(27)11-5-19)29-26(32)21-6-12-23(13-7-21)31-35(33,34)24-14-8-20(9-15-24)25-17(2)28-18(3)30-25/h4-5,8-11,14-16,21,33-34H,6-7,12-13H2,1-3H3,(H,28,30)(H,29,32). The van der Waals surface area contributed by atoms with Crippen LogP contribution in [0, 0.1) is 25.6 Å². The molecule has 0 radical (unpaired) electrons. The monoisotopic (exact) mass is 498 g/mol. The summed E-state index contributed by atoms with van der Waals surface area (Å²) >= 11 is 0. The third kappa shape index (κ3) is 5.98. The van der Waals surface area contributed by atoms with Crippen molar-refractivity contribution in [2.75, 3.05) is 0 Å². The van der Waals surface area contributed by atoms with E-state index < -0.39 is 10.8 Å². The molecule has 1 saturated carbocycles. The molecular formula is C26H31FN4O3S. The van der Waals surface area contributed by atoms with Gasteiger partial charge in [0.05, 0.1) is 16.6 Å². The predicted molar refractivity (Wildman–Crippen MR) is 137 cm³/mol. The van der Waals surface area contributed by atoms with E-state index in [0.717, 1.165) is 28.3 Å². The quantitative estimate of drug-likeness (QED) is 0.317. The molecule has 1 unspecified atom stereocenters. The van der Waals surface area contributed by atoms with E-state index in [0.29, 0.717) is 36.3 Å². The number of rotatable bonds is 6. The molecule has 3 aromatic rings. The second-order valence-electron chi connectivity index (χ2n) is 9.05. The highest BCUT2D eigenvalue weighted by atomic mass is 32.3. The van der Waals surface area contributed by atoms with Crippen molar-refractivity contribution in [1.82, 2.24) is 15.3 Å². The molecule has 7 nitrogen and oxygen atoms in total. The smallest absolute Gasteiger partial charge is 0.223 e. The number of imidazole rings is 1. The average Bonchev–Trinajstić information content (AvgIpc) is 3.17. The number of amides is 1. The average molecular weight is 499 g/mol. The van der Waals surface area contributed by atoms with Gasteiger partial charge in [-0.05, 0) is 76.3 Å². The highest BCUT2D eigenvalue weighted by Gasteiger charge is 2.27. The molecular weight excluding hydrogens is 467 g/mol. The Morgan fingerprint density at radius 1 is 1.11 bits per heavy atom. The maximum absolute atomic E-state index is 13.1.